The van der Waals surface area contributed by atoms with E-state index in [1.54, 1.807) is 0 Å². The predicted octanol–water partition coefficient (Wildman–Crippen LogP) is 0.804. The van der Waals surface area contributed by atoms with Crippen molar-refractivity contribution in [2.24, 2.45) is 5.92 Å². The largest absolute Gasteiger partial charge is 0.478 e. The molecule has 0 fully saturated rings. The molecule has 0 aromatic carbocycles. The molecule has 0 saturated heterocycles. The van der Waals surface area contributed by atoms with Crippen molar-refractivity contribution in [3.8, 4) is 0 Å². The molecule has 0 bridgehead atoms. The maximum Gasteiger partial charge on any atom is 0.328 e. The summed E-state index contributed by atoms with van der Waals surface area (Å²) in [6.07, 6.45) is 2.56. The van der Waals surface area contributed by atoms with E-state index in [0.717, 1.165) is 6.08 Å². The highest BCUT2D eigenvalue weighted by atomic mass is 16.6. The van der Waals surface area contributed by atoms with E-state index >= 15 is 0 Å². The van der Waals surface area contributed by atoms with Gasteiger partial charge in [0.2, 0.25) is 0 Å². The zero-order valence-corrected chi connectivity index (χ0v) is 7.41. The van der Waals surface area contributed by atoms with E-state index in [-0.39, 0.29) is 0 Å². The summed E-state index contributed by atoms with van der Waals surface area (Å²) < 4.78 is 0. The van der Waals surface area contributed by atoms with Crippen LogP contribution >= 0.6 is 0 Å². The Morgan fingerprint density at radius 2 is 2.33 bits per heavy atom. The molecule has 70 valence electrons. The van der Waals surface area contributed by atoms with Gasteiger partial charge < -0.3 is 9.94 Å². The number of rotatable bonds is 6. The van der Waals surface area contributed by atoms with Gasteiger partial charge in [-0.2, -0.15) is 5.48 Å². The van der Waals surface area contributed by atoms with Crippen molar-refractivity contribution < 1.29 is 14.7 Å². The third-order valence-electron chi connectivity index (χ3n) is 0.980. The number of carbonyl (C=O) groups is 1. The average molecular weight is 173 g/mol. The zero-order valence-electron chi connectivity index (χ0n) is 7.41. The smallest absolute Gasteiger partial charge is 0.328 e. The standard InChI is InChI=1S/C8H15NO3/c1-7(2)6-12-9-5-3-4-8(10)11/h3-4,7,9H,5-6H2,1-2H3,(H,10,11)/b4-3+. The van der Waals surface area contributed by atoms with E-state index in [0.29, 0.717) is 19.1 Å². The normalized spacial score (nSPS) is 11.2. The molecule has 0 rings (SSSR count). The molecule has 0 radical (unpaired) electrons. The summed E-state index contributed by atoms with van der Waals surface area (Å²) in [5.41, 5.74) is 2.62. The Kier molecular flexibility index (Phi) is 6.32. The van der Waals surface area contributed by atoms with Crippen LogP contribution in [0.4, 0.5) is 0 Å². The summed E-state index contributed by atoms with van der Waals surface area (Å²) in [4.78, 5) is 15.0. The minimum atomic E-state index is -0.944. The Labute approximate surface area is 72.2 Å². The van der Waals surface area contributed by atoms with E-state index in [1.807, 2.05) is 13.8 Å². The maximum atomic E-state index is 9.98. The summed E-state index contributed by atoms with van der Waals surface area (Å²) >= 11 is 0. The lowest BCUT2D eigenvalue weighted by molar-refractivity contribution is -0.131. The van der Waals surface area contributed by atoms with Gasteiger partial charge in [-0.1, -0.05) is 19.9 Å². The second kappa shape index (κ2) is 6.82. The SMILES string of the molecule is CC(C)CONC/C=C/C(=O)O. The monoisotopic (exact) mass is 173 g/mol. The summed E-state index contributed by atoms with van der Waals surface area (Å²) in [6.45, 7) is 5.11. The second-order valence-electron chi connectivity index (χ2n) is 2.79. The highest BCUT2D eigenvalue weighted by molar-refractivity contribution is 5.79. The molecule has 0 aliphatic carbocycles. The Hall–Kier alpha value is -0.870. The zero-order chi connectivity index (χ0) is 9.40. The minimum absolute atomic E-state index is 0.416. The predicted molar refractivity (Wildman–Crippen MR) is 45.6 cm³/mol. The van der Waals surface area contributed by atoms with Gasteiger partial charge in [0.25, 0.3) is 0 Å². The maximum absolute atomic E-state index is 9.98. The van der Waals surface area contributed by atoms with Crippen LogP contribution < -0.4 is 5.48 Å². The van der Waals surface area contributed by atoms with Gasteiger partial charge in [0.05, 0.1) is 6.61 Å². The molecule has 2 N–H and O–H groups in total. The molecule has 4 nitrogen and oxygen atoms in total. The lowest BCUT2D eigenvalue weighted by Crippen LogP contribution is -2.17. The van der Waals surface area contributed by atoms with Crippen LogP contribution in [0.15, 0.2) is 12.2 Å². The molecule has 0 spiro atoms. The number of hydrogen-bond donors (Lipinski definition) is 2. The van der Waals surface area contributed by atoms with Crippen molar-refractivity contribution in [2.75, 3.05) is 13.2 Å². The van der Waals surface area contributed by atoms with Gasteiger partial charge in [-0.05, 0) is 5.92 Å². The highest BCUT2D eigenvalue weighted by Gasteiger charge is 1.91. The third-order valence-corrected chi connectivity index (χ3v) is 0.980. The Morgan fingerprint density at radius 3 is 2.83 bits per heavy atom. The van der Waals surface area contributed by atoms with E-state index in [2.05, 4.69) is 5.48 Å². The van der Waals surface area contributed by atoms with Crippen molar-refractivity contribution in [3.05, 3.63) is 12.2 Å². The van der Waals surface area contributed by atoms with Crippen LogP contribution in [-0.4, -0.2) is 24.2 Å². The van der Waals surface area contributed by atoms with Crippen LogP contribution in [0.5, 0.6) is 0 Å². The number of nitrogens with one attached hydrogen (secondary N) is 1. The molecule has 12 heavy (non-hydrogen) atoms. The minimum Gasteiger partial charge on any atom is -0.478 e. The molecule has 4 heteroatoms. The topological polar surface area (TPSA) is 58.6 Å². The first kappa shape index (κ1) is 11.1. The van der Waals surface area contributed by atoms with Crippen LogP contribution in [0, 0.1) is 5.92 Å². The lowest BCUT2D eigenvalue weighted by Gasteiger charge is -2.04. The lowest BCUT2D eigenvalue weighted by atomic mass is 10.2. The molecule has 0 aromatic rings. The van der Waals surface area contributed by atoms with Crippen molar-refractivity contribution in [3.63, 3.8) is 0 Å². The fourth-order valence-electron chi connectivity index (χ4n) is 0.492. The summed E-state index contributed by atoms with van der Waals surface area (Å²) in [7, 11) is 0. The molecule has 0 aliphatic heterocycles. The van der Waals surface area contributed by atoms with Crippen LogP contribution in [0.1, 0.15) is 13.8 Å². The van der Waals surface area contributed by atoms with Crippen molar-refractivity contribution >= 4 is 5.97 Å². The fraction of sp³-hybridized carbons (Fsp3) is 0.625. The number of aliphatic carboxylic acids is 1. The van der Waals surface area contributed by atoms with Crippen LogP contribution in [0.25, 0.3) is 0 Å². The number of hydroxylamine groups is 1. The van der Waals surface area contributed by atoms with E-state index in [9.17, 15) is 4.79 Å². The van der Waals surface area contributed by atoms with Crippen molar-refractivity contribution in [2.45, 2.75) is 13.8 Å². The van der Waals surface area contributed by atoms with Gasteiger partial charge in [0.15, 0.2) is 0 Å². The summed E-state index contributed by atoms with van der Waals surface area (Å²) in [6, 6.07) is 0. The molecular formula is C8H15NO3. The van der Waals surface area contributed by atoms with Gasteiger partial charge in [0, 0.05) is 12.6 Å². The van der Waals surface area contributed by atoms with Gasteiger partial charge in [-0.25, -0.2) is 4.79 Å². The fourth-order valence-corrected chi connectivity index (χ4v) is 0.492. The van der Waals surface area contributed by atoms with Crippen LogP contribution in [0.3, 0.4) is 0 Å². The molecule has 0 heterocycles. The quantitative estimate of drug-likeness (QED) is 0.354. The first-order valence-corrected chi connectivity index (χ1v) is 3.87. The average Bonchev–Trinajstić information content (AvgIpc) is 1.95. The Bertz CT molecular complexity index is 154. The molecule has 0 amide bonds. The van der Waals surface area contributed by atoms with Gasteiger partial charge >= 0.3 is 5.97 Å². The third kappa shape index (κ3) is 9.13. The van der Waals surface area contributed by atoms with Gasteiger partial charge in [-0.3, -0.25) is 0 Å². The van der Waals surface area contributed by atoms with Gasteiger partial charge in [0.1, 0.15) is 0 Å². The van der Waals surface area contributed by atoms with Crippen molar-refractivity contribution in [1.82, 2.24) is 5.48 Å². The molecule has 0 atom stereocenters. The molecule has 0 aliphatic rings. The number of carboxylic acid groups (broad SMARTS) is 1. The molecule has 0 unspecified atom stereocenters. The van der Waals surface area contributed by atoms with Crippen LogP contribution in [0.2, 0.25) is 0 Å². The first-order chi connectivity index (χ1) is 5.63. The molecule has 0 saturated carbocycles. The van der Waals surface area contributed by atoms with Gasteiger partial charge in [-0.15, -0.1) is 0 Å². The first-order valence-electron chi connectivity index (χ1n) is 3.87. The summed E-state index contributed by atoms with van der Waals surface area (Å²) in [5.74, 6) is -0.471. The molecule has 0 aromatic heterocycles. The second-order valence-corrected chi connectivity index (χ2v) is 2.79. The van der Waals surface area contributed by atoms with Crippen molar-refractivity contribution in [1.29, 1.82) is 0 Å². The van der Waals surface area contributed by atoms with E-state index < -0.39 is 5.97 Å². The Morgan fingerprint density at radius 1 is 1.67 bits per heavy atom. The highest BCUT2D eigenvalue weighted by Crippen LogP contribution is 1.89. The van der Waals surface area contributed by atoms with Crippen LogP contribution in [-0.2, 0) is 9.63 Å². The molecular weight excluding hydrogens is 158 g/mol. The number of hydrogen-bond acceptors (Lipinski definition) is 3. The van der Waals surface area contributed by atoms with E-state index in [1.165, 1.54) is 6.08 Å². The Balaban J connectivity index is 3.16. The number of carboxylic acids is 1. The van der Waals surface area contributed by atoms with E-state index in [4.69, 9.17) is 9.94 Å². The summed E-state index contributed by atoms with van der Waals surface area (Å²) in [5, 5.41) is 8.20.